The molecule has 11 heteroatoms. The minimum Gasteiger partial charge on any atom is -0.484 e. The standard InChI is InChI=1S/C24H19FN2O6S2/c1-32-24(29)22-13-15-12-18(6-11-21(15)34-22)26-23(28)14-33-19-7-9-20(10-8-19)35(30,31)27-17-4-2-16(25)3-5-17/h2-13,27H,14H2,1H3,(H,26,28). The highest BCUT2D eigenvalue weighted by atomic mass is 32.2. The average molecular weight is 515 g/mol. The molecule has 1 heterocycles. The highest BCUT2D eigenvalue weighted by molar-refractivity contribution is 7.92. The van der Waals surface area contributed by atoms with Gasteiger partial charge in [0.25, 0.3) is 15.9 Å². The van der Waals surface area contributed by atoms with Crippen molar-refractivity contribution in [1.82, 2.24) is 0 Å². The first-order chi connectivity index (χ1) is 16.7. The van der Waals surface area contributed by atoms with E-state index in [1.807, 2.05) is 0 Å². The van der Waals surface area contributed by atoms with E-state index in [0.717, 1.165) is 22.2 Å². The predicted molar refractivity (Wildman–Crippen MR) is 131 cm³/mol. The number of methoxy groups -OCH3 is 1. The third kappa shape index (κ3) is 5.94. The molecule has 0 saturated heterocycles. The van der Waals surface area contributed by atoms with E-state index in [1.54, 1.807) is 24.3 Å². The lowest BCUT2D eigenvalue weighted by atomic mass is 10.2. The molecule has 0 saturated carbocycles. The summed E-state index contributed by atoms with van der Waals surface area (Å²) in [5.74, 6) is -1.01. The fraction of sp³-hybridized carbons (Fsp3) is 0.0833. The fourth-order valence-corrected chi connectivity index (χ4v) is 5.14. The first kappa shape index (κ1) is 24.2. The number of carbonyl (C=O) groups is 2. The highest BCUT2D eigenvalue weighted by Gasteiger charge is 2.15. The van der Waals surface area contributed by atoms with Crippen LogP contribution in [0.4, 0.5) is 15.8 Å². The minimum atomic E-state index is -3.87. The Hall–Kier alpha value is -3.96. The number of carbonyl (C=O) groups excluding carboxylic acids is 2. The van der Waals surface area contributed by atoms with E-state index in [-0.39, 0.29) is 17.2 Å². The van der Waals surface area contributed by atoms with Gasteiger partial charge < -0.3 is 14.8 Å². The zero-order chi connectivity index (χ0) is 25.0. The van der Waals surface area contributed by atoms with Crippen LogP contribution in [-0.2, 0) is 19.6 Å². The topological polar surface area (TPSA) is 111 Å². The number of thiophene rings is 1. The SMILES string of the molecule is COC(=O)c1cc2cc(NC(=O)COc3ccc(S(=O)(=O)Nc4ccc(F)cc4)cc3)ccc2s1. The number of sulfonamides is 1. The van der Waals surface area contributed by atoms with Gasteiger partial charge in [-0.2, -0.15) is 0 Å². The molecule has 180 valence electrons. The number of esters is 1. The van der Waals surface area contributed by atoms with Crippen molar-refractivity contribution in [3.05, 3.63) is 83.5 Å². The highest BCUT2D eigenvalue weighted by Crippen LogP contribution is 2.28. The van der Waals surface area contributed by atoms with Crippen LogP contribution in [0.25, 0.3) is 10.1 Å². The Morgan fingerprint density at radius 1 is 0.943 bits per heavy atom. The summed E-state index contributed by atoms with van der Waals surface area (Å²) in [6.45, 7) is -0.297. The van der Waals surface area contributed by atoms with Crippen molar-refractivity contribution in [2.45, 2.75) is 4.90 Å². The van der Waals surface area contributed by atoms with Gasteiger partial charge in [0.15, 0.2) is 6.61 Å². The van der Waals surface area contributed by atoms with E-state index in [4.69, 9.17) is 9.47 Å². The van der Waals surface area contributed by atoms with Gasteiger partial charge in [-0.15, -0.1) is 11.3 Å². The van der Waals surface area contributed by atoms with Crippen molar-refractivity contribution in [1.29, 1.82) is 0 Å². The first-order valence-electron chi connectivity index (χ1n) is 10.2. The first-order valence-corrected chi connectivity index (χ1v) is 12.5. The maximum Gasteiger partial charge on any atom is 0.348 e. The Labute approximate surface area is 204 Å². The number of anilines is 2. The van der Waals surface area contributed by atoms with Crippen LogP contribution in [0, 0.1) is 5.82 Å². The molecule has 0 aliphatic carbocycles. The minimum absolute atomic E-state index is 0.0194. The molecule has 0 aliphatic rings. The number of halogens is 1. The van der Waals surface area contributed by atoms with E-state index in [9.17, 15) is 22.4 Å². The van der Waals surface area contributed by atoms with Gasteiger partial charge in [-0.3, -0.25) is 9.52 Å². The molecule has 4 aromatic rings. The predicted octanol–water partition coefficient (Wildman–Crippen LogP) is 4.65. The molecule has 0 bridgehead atoms. The van der Waals surface area contributed by atoms with E-state index in [0.29, 0.717) is 16.3 Å². The van der Waals surface area contributed by atoms with Crippen LogP contribution in [0.15, 0.2) is 77.7 Å². The number of benzene rings is 3. The lowest BCUT2D eigenvalue weighted by Gasteiger charge is -2.10. The Morgan fingerprint density at radius 3 is 2.31 bits per heavy atom. The summed E-state index contributed by atoms with van der Waals surface area (Å²) in [7, 11) is -2.56. The van der Waals surface area contributed by atoms with Gasteiger partial charge >= 0.3 is 5.97 Å². The van der Waals surface area contributed by atoms with Gasteiger partial charge in [0.05, 0.1) is 12.0 Å². The summed E-state index contributed by atoms with van der Waals surface area (Å²) < 4.78 is 51.4. The van der Waals surface area contributed by atoms with Crippen molar-refractivity contribution >= 4 is 54.7 Å². The molecule has 0 fully saturated rings. The van der Waals surface area contributed by atoms with Crippen LogP contribution in [0.5, 0.6) is 5.75 Å². The molecule has 0 spiro atoms. The van der Waals surface area contributed by atoms with E-state index >= 15 is 0 Å². The maximum atomic E-state index is 13.0. The summed E-state index contributed by atoms with van der Waals surface area (Å²) in [6.07, 6.45) is 0. The zero-order valence-electron chi connectivity index (χ0n) is 18.3. The van der Waals surface area contributed by atoms with Gasteiger partial charge in [0.1, 0.15) is 16.4 Å². The molecule has 2 N–H and O–H groups in total. The van der Waals surface area contributed by atoms with Crippen LogP contribution >= 0.6 is 11.3 Å². The maximum absolute atomic E-state index is 13.0. The van der Waals surface area contributed by atoms with Gasteiger partial charge in [0, 0.05) is 16.1 Å². The Balaban J connectivity index is 1.34. The quantitative estimate of drug-likeness (QED) is 0.331. The third-order valence-electron chi connectivity index (χ3n) is 4.79. The van der Waals surface area contributed by atoms with Gasteiger partial charge in [-0.1, -0.05) is 0 Å². The number of hydrogen-bond acceptors (Lipinski definition) is 7. The molecule has 8 nitrogen and oxygen atoms in total. The average Bonchev–Trinajstić information content (AvgIpc) is 3.27. The summed E-state index contributed by atoms with van der Waals surface area (Å²) >= 11 is 1.29. The normalized spacial score (nSPS) is 11.1. The van der Waals surface area contributed by atoms with Crippen molar-refractivity contribution in [2.75, 3.05) is 23.8 Å². The lowest BCUT2D eigenvalue weighted by molar-refractivity contribution is -0.118. The molecule has 0 radical (unpaired) electrons. The molecule has 3 aromatic carbocycles. The largest absolute Gasteiger partial charge is 0.484 e. The molecular weight excluding hydrogens is 495 g/mol. The molecule has 1 amide bonds. The molecular formula is C24H19FN2O6S2. The molecule has 0 aliphatic heterocycles. The molecule has 0 unspecified atom stereocenters. The van der Waals surface area contributed by atoms with Crippen LogP contribution in [0.1, 0.15) is 9.67 Å². The monoisotopic (exact) mass is 514 g/mol. The van der Waals surface area contributed by atoms with Crippen LogP contribution in [0.2, 0.25) is 0 Å². The van der Waals surface area contributed by atoms with Crippen molar-refractivity contribution < 1.29 is 31.9 Å². The van der Waals surface area contributed by atoms with E-state index in [1.165, 1.54) is 54.8 Å². The number of amides is 1. The zero-order valence-corrected chi connectivity index (χ0v) is 19.9. The van der Waals surface area contributed by atoms with Crippen molar-refractivity contribution in [2.24, 2.45) is 0 Å². The number of rotatable bonds is 8. The van der Waals surface area contributed by atoms with Gasteiger partial charge in [-0.25, -0.2) is 17.6 Å². The molecule has 35 heavy (non-hydrogen) atoms. The second-order valence-corrected chi connectivity index (χ2v) is 10.0. The summed E-state index contributed by atoms with van der Waals surface area (Å²) in [6, 6.07) is 17.4. The molecule has 0 atom stereocenters. The molecule has 4 rings (SSSR count). The lowest BCUT2D eigenvalue weighted by Crippen LogP contribution is -2.20. The van der Waals surface area contributed by atoms with E-state index < -0.39 is 27.7 Å². The number of nitrogens with one attached hydrogen (secondary N) is 2. The summed E-state index contributed by atoms with van der Waals surface area (Å²) in [5, 5.41) is 3.51. The summed E-state index contributed by atoms with van der Waals surface area (Å²) in [5.41, 5.74) is 0.763. The second kappa shape index (κ2) is 10.1. The van der Waals surface area contributed by atoms with Crippen LogP contribution in [-0.4, -0.2) is 34.0 Å². The van der Waals surface area contributed by atoms with Crippen LogP contribution < -0.4 is 14.8 Å². The van der Waals surface area contributed by atoms with Crippen molar-refractivity contribution in [3.63, 3.8) is 0 Å². The smallest absolute Gasteiger partial charge is 0.348 e. The van der Waals surface area contributed by atoms with Gasteiger partial charge in [-0.05, 0) is 78.2 Å². The van der Waals surface area contributed by atoms with Crippen molar-refractivity contribution in [3.8, 4) is 5.75 Å². The summed E-state index contributed by atoms with van der Waals surface area (Å²) in [4.78, 5) is 24.4. The van der Waals surface area contributed by atoms with Crippen LogP contribution in [0.3, 0.4) is 0 Å². The van der Waals surface area contributed by atoms with Gasteiger partial charge in [0.2, 0.25) is 0 Å². The molecule has 1 aromatic heterocycles. The van der Waals surface area contributed by atoms with E-state index in [2.05, 4.69) is 10.0 Å². The number of fused-ring (bicyclic) bond motifs is 1. The fourth-order valence-electron chi connectivity index (χ4n) is 3.12. The number of hydrogen-bond donors (Lipinski definition) is 2. The Bertz CT molecular complexity index is 1480. The second-order valence-electron chi connectivity index (χ2n) is 7.28. The Kier molecular flexibility index (Phi) is 6.99. The Morgan fingerprint density at radius 2 is 1.63 bits per heavy atom. The number of ether oxygens (including phenoxy) is 2. The third-order valence-corrected chi connectivity index (χ3v) is 7.28.